The van der Waals surface area contributed by atoms with Crippen LogP contribution in [0.25, 0.3) is 22.2 Å². The lowest BCUT2D eigenvalue weighted by atomic mass is 9.74. The first-order valence-electron chi connectivity index (χ1n) is 11.6. The Morgan fingerprint density at radius 2 is 1.76 bits per heavy atom. The number of hydrogen-bond donors (Lipinski definition) is 2. The molecular formula is C26H28F3N3O. The van der Waals surface area contributed by atoms with E-state index >= 15 is 0 Å². The van der Waals surface area contributed by atoms with E-state index in [4.69, 9.17) is 0 Å². The van der Waals surface area contributed by atoms with E-state index in [-0.39, 0.29) is 29.2 Å². The molecule has 1 aromatic heterocycles. The van der Waals surface area contributed by atoms with Crippen molar-refractivity contribution in [3.8, 4) is 11.3 Å². The van der Waals surface area contributed by atoms with Gasteiger partial charge in [0.1, 0.15) is 17.5 Å². The lowest BCUT2D eigenvalue weighted by molar-refractivity contribution is -0.123. The summed E-state index contributed by atoms with van der Waals surface area (Å²) in [5.41, 5.74) is 2.48. The Balaban J connectivity index is 1.33. The second kappa shape index (κ2) is 8.86. The number of hydrogen-bond acceptors (Lipinski definition) is 2. The number of halogens is 3. The zero-order chi connectivity index (χ0) is 23.1. The molecule has 0 spiro atoms. The number of aromatic nitrogens is 1. The van der Waals surface area contributed by atoms with Gasteiger partial charge in [-0.2, -0.15) is 0 Å². The topological polar surface area (TPSA) is 48.1 Å². The zero-order valence-electron chi connectivity index (χ0n) is 18.6. The van der Waals surface area contributed by atoms with E-state index in [0.29, 0.717) is 36.3 Å². The average Bonchev–Trinajstić information content (AvgIpc) is 3.12. The first-order chi connectivity index (χ1) is 15.9. The minimum atomic E-state index is -0.651. The Hall–Kier alpha value is -2.80. The number of piperidine rings is 1. The van der Waals surface area contributed by atoms with Gasteiger partial charge >= 0.3 is 0 Å². The molecule has 5 rings (SSSR count). The summed E-state index contributed by atoms with van der Waals surface area (Å²) in [7, 11) is 2.10. The highest BCUT2D eigenvalue weighted by atomic mass is 19.1. The molecule has 33 heavy (non-hydrogen) atoms. The van der Waals surface area contributed by atoms with Crippen LogP contribution in [0.4, 0.5) is 13.2 Å². The van der Waals surface area contributed by atoms with Gasteiger partial charge in [-0.3, -0.25) is 4.79 Å². The SMILES string of the molecule is CN1CCC(CC(=O)N[C@H]2C[C@@H](c3c(-c4ccc(F)cc4)[nH]c4c(F)cc(F)cc43)C2)CC1. The van der Waals surface area contributed by atoms with Crippen LogP contribution in [0.2, 0.25) is 0 Å². The Morgan fingerprint density at radius 1 is 1.06 bits per heavy atom. The van der Waals surface area contributed by atoms with Crippen LogP contribution in [0.3, 0.4) is 0 Å². The molecular weight excluding hydrogens is 427 g/mol. The minimum Gasteiger partial charge on any atom is -0.353 e. The molecule has 1 aliphatic heterocycles. The molecule has 1 amide bonds. The van der Waals surface area contributed by atoms with Gasteiger partial charge in [-0.25, -0.2) is 13.2 Å². The van der Waals surface area contributed by atoms with Gasteiger partial charge in [0.25, 0.3) is 0 Å². The Bertz CT molecular complexity index is 1160. The van der Waals surface area contributed by atoms with Crippen LogP contribution >= 0.6 is 0 Å². The molecule has 4 nitrogen and oxygen atoms in total. The van der Waals surface area contributed by atoms with E-state index in [1.807, 2.05) is 0 Å². The van der Waals surface area contributed by atoms with Crippen LogP contribution < -0.4 is 5.32 Å². The summed E-state index contributed by atoms with van der Waals surface area (Å²) in [5, 5.41) is 3.65. The second-order valence-corrected chi connectivity index (χ2v) is 9.61. The molecule has 2 N–H and O–H groups in total. The molecule has 2 aliphatic rings. The molecule has 1 saturated carbocycles. The number of carbonyl (C=O) groups excluding carboxylic acids is 1. The van der Waals surface area contributed by atoms with Crippen molar-refractivity contribution in [3.05, 3.63) is 59.4 Å². The van der Waals surface area contributed by atoms with Crippen molar-refractivity contribution in [1.82, 2.24) is 15.2 Å². The number of rotatable bonds is 5. The Morgan fingerprint density at radius 3 is 2.45 bits per heavy atom. The number of benzene rings is 2. The molecule has 1 saturated heterocycles. The van der Waals surface area contributed by atoms with Gasteiger partial charge in [-0.1, -0.05) is 0 Å². The molecule has 2 heterocycles. The molecule has 3 aromatic rings. The first-order valence-corrected chi connectivity index (χ1v) is 11.6. The van der Waals surface area contributed by atoms with Crippen LogP contribution in [-0.4, -0.2) is 42.0 Å². The predicted molar refractivity (Wildman–Crippen MR) is 122 cm³/mol. The summed E-state index contributed by atoms with van der Waals surface area (Å²) in [6.07, 6.45) is 4.06. The maximum Gasteiger partial charge on any atom is 0.220 e. The maximum absolute atomic E-state index is 14.5. The standard InChI is InChI=1S/C26H28F3N3O/c1-32-8-6-15(7-9-32)10-23(33)30-20-11-17(12-20)24-21-13-19(28)14-22(29)26(21)31-25(24)16-2-4-18(27)5-3-16/h2-5,13-15,17,20,31H,6-12H2,1H3,(H,30,33)/t17-,20+. The zero-order valence-corrected chi connectivity index (χ0v) is 18.6. The normalized spacial score (nSPS) is 21.8. The number of aromatic amines is 1. The van der Waals surface area contributed by atoms with Crippen LogP contribution in [0.15, 0.2) is 36.4 Å². The highest BCUT2D eigenvalue weighted by Gasteiger charge is 2.36. The van der Waals surface area contributed by atoms with E-state index in [1.54, 1.807) is 12.1 Å². The lowest BCUT2D eigenvalue weighted by Crippen LogP contribution is -2.44. The van der Waals surface area contributed by atoms with Crippen molar-refractivity contribution in [2.24, 2.45) is 5.92 Å². The smallest absolute Gasteiger partial charge is 0.220 e. The molecule has 0 bridgehead atoms. The summed E-state index contributed by atoms with van der Waals surface area (Å²) >= 11 is 0. The van der Waals surface area contributed by atoms with Crippen LogP contribution in [0.1, 0.15) is 43.6 Å². The van der Waals surface area contributed by atoms with Crippen molar-refractivity contribution in [1.29, 1.82) is 0 Å². The van der Waals surface area contributed by atoms with Gasteiger partial charge < -0.3 is 15.2 Å². The van der Waals surface area contributed by atoms with Gasteiger partial charge in [0.2, 0.25) is 5.91 Å². The summed E-state index contributed by atoms with van der Waals surface area (Å²) in [4.78, 5) is 17.9. The third-order valence-electron chi connectivity index (χ3n) is 7.22. The average molecular weight is 456 g/mol. The van der Waals surface area contributed by atoms with Crippen molar-refractivity contribution in [2.45, 2.75) is 44.1 Å². The van der Waals surface area contributed by atoms with Gasteiger partial charge in [-0.15, -0.1) is 0 Å². The fourth-order valence-corrected chi connectivity index (χ4v) is 5.29. The molecule has 2 aromatic carbocycles. The predicted octanol–water partition coefficient (Wildman–Crippen LogP) is 5.35. The molecule has 1 aliphatic carbocycles. The molecule has 174 valence electrons. The summed E-state index contributed by atoms with van der Waals surface area (Å²) in [6.45, 7) is 2.06. The quantitative estimate of drug-likeness (QED) is 0.545. The largest absolute Gasteiger partial charge is 0.353 e. The molecule has 0 radical (unpaired) electrons. The summed E-state index contributed by atoms with van der Waals surface area (Å²) < 4.78 is 42.0. The molecule has 0 atom stereocenters. The number of carbonyl (C=O) groups is 1. The van der Waals surface area contributed by atoms with Crippen LogP contribution in [0.5, 0.6) is 0 Å². The monoisotopic (exact) mass is 455 g/mol. The number of nitrogens with one attached hydrogen (secondary N) is 2. The highest BCUT2D eigenvalue weighted by Crippen LogP contribution is 2.45. The van der Waals surface area contributed by atoms with Crippen molar-refractivity contribution >= 4 is 16.8 Å². The molecule has 2 fully saturated rings. The summed E-state index contributed by atoms with van der Waals surface area (Å²) in [6, 6.07) is 8.25. The third kappa shape index (κ3) is 4.51. The van der Waals surface area contributed by atoms with Gasteiger partial charge in [0.15, 0.2) is 0 Å². The number of fused-ring (bicyclic) bond motifs is 1. The third-order valence-corrected chi connectivity index (χ3v) is 7.22. The summed E-state index contributed by atoms with van der Waals surface area (Å²) in [5.74, 6) is -1.07. The minimum absolute atomic E-state index is 0.0497. The maximum atomic E-state index is 14.5. The van der Waals surface area contributed by atoms with Gasteiger partial charge in [0.05, 0.1) is 11.2 Å². The van der Waals surface area contributed by atoms with Crippen LogP contribution in [-0.2, 0) is 4.79 Å². The second-order valence-electron chi connectivity index (χ2n) is 9.61. The number of H-pyrrole nitrogens is 1. The fraction of sp³-hybridized carbons (Fsp3) is 0.423. The Kier molecular flexibility index (Phi) is 5.91. The van der Waals surface area contributed by atoms with Crippen LogP contribution in [0, 0.1) is 23.4 Å². The van der Waals surface area contributed by atoms with Gasteiger partial charge in [0, 0.05) is 23.9 Å². The highest BCUT2D eigenvalue weighted by molar-refractivity contribution is 5.92. The Labute approximate surface area is 191 Å². The van der Waals surface area contributed by atoms with E-state index < -0.39 is 11.6 Å². The molecule has 7 heteroatoms. The number of amides is 1. The van der Waals surface area contributed by atoms with Crippen molar-refractivity contribution in [3.63, 3.8) is 0 Å². The van der Waals surface area contributed by atoms with Crippen molar-refractivity contribution in [2.75, 3.05) is 20.1 Å². The van der Waals surface area contributed by atoms with E-state index in [1.165, 1.54) is 18.2 Å². The van der Waals surface area contributed by atoms with E-state index in [9.17, 15) is 18.0 Å². The molecule has 0 unspecified atom stereocenters. The lowest BCUT2D eigenvalue weighted by Gasteiger charge is -2.37. The number of nitrogens with zero attached hydrogens (tertiary/aromatic N) is 1. The number of likely N-dealkylation sites (tertiary alicyclic amines) is 1. The first kappa shape index (κ1) is 22.0. The fourth-order valence-electron chi connectivity index (χ4n) is 5.29. The van der Waals surface area contributed by atoms with Gasteiger partial charge in [-0.05, 0) is 99.1 Å². The van der Waals surface area contributed by atoms with E-state index in [0.717, 1.165) is 43.1 Å². The van der Waals surface area contributed by atoms with E-state index in [2.05, 4.69) is 22.2 Å². The van der Waals surface area contributed by atoms with Crippen molar-refractivity contribution < 1.29 is 18.0 Å².